The summed E-state index contributed by atoms with van der Waals surface area (Å²) >= 11 is 5.13. The van der Waals surface area contributed by atoms with Crippen LogP contribution in [0.25, 0.3) is 10.8 Å². The van der Waals surface area contributed by atoms with Crippen LogP contribution in [-0.2, 0) is 4.79 Å². The lowest BCUT2D eigenvalue weighted by atomic mass is 10.1. The van der Waals surface area contributed by atoms with Crippen LogP contribution in [0.15, 0.2) is 42.5 Å². The summed E-state index contributed by atoms with van der Waals surface area (Å²) in [5, 5.41) is 13.5. The van der Waals surface area contributed by atoms with E-state index in [0.29, 0.717) is 4.99 Å². The van der Waals surface area contributed by atoms with Crippen molar-refractivity contribution >= 4 is 33.9 Å². The van der Waals surface area contributed by atoms with Crippen LogP contribution in [0.2, 0.25) is 0 Å². The van der Waals surface area contributed by atoms with E-state index in [2.05, 4.69) is 5.32 Å². The predicted octanol–water partition coefficient (Wildman–Crippen LogP) is 2.19. The molecule has 0 unspecified atom stereocenters. The summed E-state index contributed by atoms with van der Waals surface area (Å²) in [5.41, 5.74) is 0.833. The molecule has 0 aliphatic carbocycles. The van der Waals surface area contributed by atoms with Gasteiger partial charge in [0.1, 0.15) is 11.5 Å². The Hall–Kier alpha value is -1.94. The van der Waals surface area contributed by atoms with Crippen LogP contribution in [0.5, 0.6) is 0 Å². The third-order valence-electron chi connectivity index (χ3n) is 2.41. The van der Waals surface area contributed by atoms with E-state index < -0.39 is 5.97 Å². The van der Waals surface area contributed by atoms with Gasteiger partial charge < -0.3 is 10.4 Å². The van der Waals surface area contributed by atoms with Gasteiger partial charge in [-0.15, -0.1) is 0 Å². The number of carbonyl (C=O) groups is 1. The van der Waals surface area contributed by atoms with Crippen molar-refractivity contribution in [3.63, 3.8) is 0 Å². The van der Waals surface area contributed by atoms with E-state index in [-0.39, 0.29) is 6.54 Å². The van der Waals surface area contributed by atoms with Gasteiger partial charge in [-0.2, -0.15) is 0 Å². The second-order valence-corrected chi connectivity index (χ2v) is 4.05. The summed E-state index contributed by atoms with van der Waals surface area (Å²) in [4.78, 5) is 10.9. The van der Waals surface area contributed by atoms with Gasteiger partial charge in [-0.3, -0.25) is 4.79 Å². The quantitative estimate of drug-likeness (QED) is 0.814. The van der Waals surface area contributed by atoms with Gasteiger partial charge >= 0.3 is 5.97 Å². The standard InChI is InChI=1S/C13H11NO2S/c15-12(16)8-14-13(17)11-6-5-9-3-1-2-4-10(9)7-11/h1-7H,8H2,(H,14,17)(H,15,16). The number of carboxylic acids is 1. The van der Waals surface area contributed by atoms with Crippen molar-refractivity contribution in [3.8, 4) is 0 Å². The summed E-state index contributed by atoms with van der Waals surface area (Å²) in [7, 11) is 0. The highest BCUT2D eigenvalue weighted by Crippen LogP contribution is 2.15. The Balaban J connectivity index is 2.24. The van der Waals surface area contributed by atoms with Crippen molar-refractivity contribution in [2.24, 2.45) is 0 Å². The summed E-state index contributed by atoms with van der Waals surface area (Å²) in [5.74, 6) is -0.923. The lowest BCUT2D eigenvalue weighted by Gasteiger charge is -2.06. The highest BCUT2D eigenvalue weighted by atomic mass is 32.1. The van der Waals surface area contributed by atoms with E-state index in [1.807, 2.05) is 42.5 Å². The van der Waals surface area contributed by atoms with Crippen LogP contribution in [0.1, 0.15) is 5.56 Å². The van der Waals surface area contributed by atoms with Crippen molar-refractivity contribution in [1.82, 2.24) is 5.32 Å². The van der Waals surface area contributed by atoms with Gasteiger partial charge in [-0.1, -0.05) is 48.6 Å². The minimum absolute atomic E-state index is 0.161. The number of rotatable bonds is 3. The Labute approximate surface area is 104 Å². The lowest BCUT2D eigenvalue weighted by molar-refractivity contribution is -0.135. The molecule has 2 rings (SSSR count). The Bertz CT molecular complexity index is 580. The highest BCUT2D eigenvalue weighted by molar-refractivity contribution is 7.80. The van der Waals surface area contributed by atoms with Crippen LogP contribution in [0.4, 0.5) is 0 Å². The third kappa shape index (κ3) is 2.79. The second-order valence-electron chi connectivity index (χ2n) is 3.64. The first kappa shape index (κ1) is 11.5. The van der Waals surface area contributed by atoms with Crippen molar-refractivity contribution < 1.29 is 9.90 Å². The van der Waals surface area contributed by atoms with Crippen molar-refractivity contribution in [2.45, 2.75) is 0 Å². The van der Waals surface area contributed by atoms with Crippen molar-refractivity contribution in [3.05, 3.63) is 48.0 Å². The van der Waals surface area contributed by atoms with E-state index in [0.717, 1.165) is 16.3 Å². The lowest BCUT2D eigenvalue weighted by Crippen LogP contribution is -2.28. The highest BCUT2D eigenvalue weighted by Gasteiger charge is 2.03. The first-order valence-corrected chi connectivity index (χ1v) is 5.56. The molecule has 86 valence electrons. The molecule has 0 aliphatic rings. The number of thiocarbonyl (C=S) groups is 1. The molecule has 17 heavy (non-hydrogen) atoms. The number of fused-ring (bicyclic) bond motifs is 1. The van der Waals surface area contributed by atoms with E-state index >= 15 is 0 Å². The number of nitrogens with one attached hydrogen (secondary N) is 1. The number of hydrogen-bond acceptors (Lipinski definition) is 2. The molecule has 0 heterocycles. The Morgan fingerprint density at radius 2 is 1.88 bits per heavy atom. The Morgan fingerprint density at radius 1 is 1.18 bits per heavy atom. The molecule has 0 bridgehead atoms. The van der Waals surface area contributed by atoms with Crippen molar-refractivity contribution in [2.75, 3.05) is 6.54 Å². The van der Waals surface area contributed by atoms with Gasteiger partial charge in [0.05, 0.1) is 0 Å². The van der Waals surface area contributed by atoms with Crippen molar-refractivity contribution in [1.29, 1.82) is 0 Å². The molecule has 0 fully saturated rings. The molecule has 0 aliphatic heterocycles. The summed E-state index contributed by atoms with van der Waals surface area (Å²) in [6, 6.07) is 13.8. The van der Waals surface area contributed by atoms with Gasteiger partial charge in [-0.05, 0) is 16.8 Å². The molecular weight excluding hydrogens is 234 g/mol. The van der Waals surface area contributed by atoms with E-state index in [1.165, 1.54) is 0 Å². The van der Waals surface area contributed by atoms with E-state index in [4.69, 9.17) is 17.3 Å². The zero-order valence-corrected chi connectivity index (χ0v) is 9.83. The number of aliphatic carboxylic acids is 1. The van der Waals surface area contributed by atoms with Crippen LogP contribution in [0, 0.1) is 0 Å². The SMILES string of the molecule is O=C(O)CNC(=S)c1ccc2ccccc2c1. The maximum absolute atomic E-state index is 10.4. The normalized spacial score (nSPS) is 10.1. The smallest absolute Gasteiger partial charge is 0.322 e. The molecular formula is C13H11NO2S. The fraction of sp³-hybridized carbons (Fsp3) is 0.0769. The fourth-order valence-electron chi connectivity index (χ4n) is 1.59. The topological polar surface area (TPSA) is 49.3 Å². The van der Waals surface area contributed by atoms with E-state index in [9.17, 15) is 4.79 Å². The monoisotopic (exact) mass is 245 g/mol. The maximum atomic E-state index is 10.4. The van der Waals surface area contributed by atoms with Crippen LogP contribution >= 0.6 is 12.2 Å². The molecule has 0 atom stereocenters. The average molecular weight is 245 g/mol. The molecule has 3 nitrogen and oxygen atoms in total. The van der Waals surface area contributed by atoms with Gasteiger partial charge in [0.25, 0.3) is 0 Å². The molecule has 0 aromatic heterocycles. The molecule has 2 aromatic rings. The van der Waals surface area contributed by atoms with Gasteiger partial charge in [0, 0.05) is 5.56 Å². The predicted molar refractivity (Wildman–Crippen MR) is 71.3 cm³/mol. The first-order valence-electron chi connectivity index (χ1n) is 5.15. The number of carboxylic acid groups (broad SMARTS) is 1. The molecule has 2 N–H and O–H groups in total. The second kappa shape index (κ2) is 4.93. The van der Waals surface area contributed by atoms with Gasteiger partial charge in [-0.25, -0.2) is 0 Å². The van der Waals surface area contributed by atoms with Crippen LogP contribution in [-0.4, -0.2) is 22.6 Å². The van der Waals surface area contributed by atoms with Gasteiger partial charge in [0.15, 0.2) is 0 Å². The minimum atomic E-state index is -0.923. The number of hydrogen-bond donors (Lipinski definition) is 2. The largest absolute Gasteiger partial charge is 0.480 e. The third-order valence-corrected chi connectivity index (χ3v) is 2.79. The van der Waals surface area contributed by atoms with Gasteiger partial charge in [0.2, 0.25) is 0 Å². The molecule has 0 saturated carbocycles. The Morgan fingerprint density at radius 3 is 2.59 bits per heavy atom. The Kier molecular flexibility index (Phi) is 3.35. The van der Waals surface area contributed by atoms with Crippen LogP contribution in [0.3, 0.4) is 0 Å². The first-order chi connectivity index (χ1) is 8.16. The summed E-state index contributed by atoms with van der Waals surface area (Å²) in [6.45, 7) is -0.161. The molecule has 4 heteroatoms. The summed E-state index contributed by atoms with van der Waals surface area (Å²) < 4.78 is 0. The fourth-order valence-corrected chi connectivity index (χ4v) is 1.79. The molecule has 0 spiro atoms. The van der Waals surface area contributed by atoms with Crippen LogP contribution < -0.4 is 5.32 Å². The molecule has 0 amide bonds. The van der Waals surface area contributed by atoms with E-state index in [1.54, 1.807) is 0 Å². The molecule has 0 radical (unpaired) electrons. The maximum Gasteiger partial charge on any atom is 0.322 e. The molecule has 0 saturated heterocycles. The number of benzene rings is 2. The zero-order chi connectivity index (χ0) is 12.3. The summed E-state index contributed by atoms with van der Waals surface area (Å²) in [6.07, 6.45) is 0. The average Bonchev–Trinajstić information content (AvgIpc) is 2.35. The molecule has 2 aromatic carbocycles. The minimum Gasteiger partial charge on any atom is -0.480 e. The zero-order valence-electron chi connectivity index (χ0n) is 9.01.